The third kappa shape index (κ3) is 7.37. The minimum atomic E-state index is -4.80. The molecule has 2 aliphatic rings. The molecule has 2 fully saturated rings. The van der Waals surface area contributed by atoms with E-state index in [0.717, 1.165) is 24.9 Å². The maximum atomic E-state index is 14.2. The predicted octanol–water partition coefficient (Wildman–Crippen LogP) is 2.16. The van der Waals surface area contributed by atoms with Crippen LogP contribution in [0.5, 0.6) is 0 Å². The number of fused-ring (bicyclic) bond motifs is 1. The molecule has 3 aromatic rings. The predicted molar refractivity (Wildman–Crippen MR) is 160 cm³/mol. The molecule has 0 radical (unpaired) electrons. The number of nitrogens with one attached hydrogen (secondary N) is 2. The van der Waals surface area contributed by atoms with Gasteiger partial charge in [0, 0.05) is 58.2 Å². The molecule has 2 aliphatic heterocycles. The molecule has 2 saturated heterocycles. The van der Waals surface area contributed by atoms with Crippen LogP contribution in [0.15, 0.2) is 37.2 Å². The molecule has 0 bridgehead atoms. The van der Waals surface area contributed by atoms with Crippen LogP contribution in [-0.4, -0.2) is 113 Å². The van der Waals surface area contributed by atoms with Crippen LogP contribution in [0, 0.1) is 0 Å². The monoisotopic (exact) mass is 645 g/mol. The Morgan fingerprint density at radius 2 is 1.85 bits per heavy atom. The number of carbonyl (C=O) groups is 3. The van der Waals surface area contributed by atoms with E-state index in [2.05, 4.69) is 41.9 Å². The SMILES string of the molecule is C=CC(=O)N[C@H](C)C(=O)N1CCN(Cc2cc3c(N4CCOCC4)nc(-c4cnc(NC(=O)OC)cc4C(F)(F)F)nn3c2)CC1. The molecule has 14 nitrogen and oxygen atoms in total. The molecule has 46 heavy (non-hydrogen) atoms. The molecule has 0 aromatic carbocycles. The van der Waals surface area contributed by atoms with E-state index < -0.39 is 29.8 Å². The third-order valence-electron chi connectivity index (χ3n) is 7.68. The van der Waals surface area contributed by atoms with Gasteiger partial charge in [-0.15, -0.1) is 5.10 Å². The smallest absolute Gasteiger partial charge is 0.417 e. The Labute approximate surface area is 262 Å². The first kappa shape index (κ1) is 32.6. The molecule has 0 saturated carbocycles. The molecule has 0 aliphatic carbocycles. The van der Waals surface area contributed by atoms with Gasteiger partial charge in [-0.2, -0.15) is 13.2 Å². The van der Waals surface area contributed by atoms with E-state index in [1.807, 2.05) is 11.0 Å². The summed E-state index contributed by atoms with van der Waals surface area (Å²) in [6, 6.07) is 1.95. The van der Waals surface area contributed by atoms with Crippen LogP contribution >= 0.6 is 0 Å². The first-order valence-corrected chi connectivity index (χ1v) is 14.6. The molecular weight excluding hydrogens is 611 g/mol. The Morgan fingerprint density at radius 1 is 1.13 bits per heavy atom. The lowest BCUT2D eigenvalue weighted by atomic mass is 10.1. The number of nitrogens with zero attached hydrogens (tertiary/aromatic N) is 7. The Morgan fingerprint density at radius 3 is 2.50 bits per heavy atom. The fourth-order valence-corrected chi connectivity index (χ4v) is 5.33. The van der Waals surface area contributed by atoms with Crippen molar-refractivity contribution >= 4 is 35.1 Å². The number of piperazine rings is 1. The van der Waals surface area contributed by atoms with Gasteiger partial charge in [0.15, 0.2) is 11.6 Å². The van der Waals surface area contributed by atoms with Gasteiger partial charge in [0.2, 0.25) is 11.8 Å². The highest BCUT2D eigenvalue weighted by Gasteiger charge is 2.36. The lowest BCUT2D eigenvalue weighted by Gasteiger charge is -2.35. The number of hydrogen-bond acceptors (Lipinski definition) is 10. The first-order chi connectivity index (χ1) is 22.0. The third-order valence-corrected chi connectivity index (χ3v) is 7.68. The Bertz CT molecular complexity index is 1620. The van der Waals surface area contributed by atoms with E-state index in [9.17, 15) is 27.6 Å². The van der Waals surface area contributed by atoms with E-state index in [-0.39, 0.29) is 23.1 Å². The zero-order valence-electron chi connectivity index (χ0n) is 25.3. The van der Waals surface area contributed by atoms with Crippen molar-refractivity contribution in [3.63, 3.8) is 0 Å². The van der Waals surface area contributed by atoms with Crippen molar-refractivity contribution in [2.75, 3.05) is 69.8 Å². The summed E-state index contributed by atoms with van der Waals surface area (Å²) >= 11 is 0. The molecule has 3 aromatic heterocycles. The van der Waals surface area contributed by atoms with Crippen molar-refractivity contribution in [2.24, 2.45) is 0 Å². The summed E-state index contributed by atoms with van der Waals surface area (Å²) in [5, 5.41) is 9.21. The number of ether oxygens (including phenoxy) is 2. The lowest BCUT2D eigenvalue weighted by Crippen LogP contribution is -2.53. The molecule has 246 valence electrons. The number of alkyl halides is 3. The van der Waals surface area contributed by atoms with Crippen LogP contribution in [0.4, 0.5) is 29.6 Å². The average Bonchev–Trinajstić information content (AvgIpc) is 3.46. The van der Waals surface area contributed by atoms with Gasteiger partial charge in [0.25, 0.3) is 0 Å². The number of morpholine rings is 1. The van der Waals surface area contributed by atoms with Crippen molar-refractivity contribution in [3.05, 3.63) is 48.3 Å². The summed E-state index contributed by atoms with van der Waals surface area (Å²) in [7, 11) is 1.09. The second kappa shape index (κ2) is 13.7. The highest BCUT2D eigenvalue weighted by molar-refractivity contribution is 5.92. The second-order valence-corrected chi connectivity index (χ2v) is 10.8. The summed E-state index contributed by atoms with van der Waals surface area (Å²) in [6.45, 7) is 9.49. The van der Waals surface area contributed by atoms with Crippen LogP contribution in [-0.2, 0) is 31.8 Å². The number of carbonyl (C=O) groups excluding carboxylic acids is 3. The van der Waals surface area contributed by atoms with Crippen LogP contribution in [0.1, 0.15) is 18.1 Å². The summed E-state index contributed by atoms with van der Waals surface area (Å²) in [6.07, 6.45) is -1.91. The molecule has 2 N–H and O–H groups in total. The molecule has 1 atom stereocenters. The Kier molecular flexibility index (Phi) is 9.71. The molecule has 5 rings (SSSR count). The van der Waals surface area contributed by atoms with E-state index in [4.69, 9.17) is 4.74 Å². The zero-order valence-corrected chi connectivity index (χ0v) is 25.3. The normalized spacial score (nSPS) is 16.6. The van der Waals surface area contributed by atoms with E-state index >= 15 is 0 Å². The Hall–Kier alpha value is -4.77. The number of pyridine rings is 1. The average molecular weight is 646 g/mol. The van der Waals surface area contributed by atoms with Crippen molar-refractivity contribution in [3.8, 4) is 11.4 Å². The van der Waals surface area contributed by atoms with Crippen molar-refractivity contribution < 1.29 is 37.0 Å². The number of aromatic nitrogens is 4. The highest BCUT2D eigenvalue weighted by Crippen LogP contribution is 2.38. The minimum Gasteiger partial charge on any atom is -0.453 e. The molecular formula is C29H34F3N9O5. The maximum Gasteiger partial charge on any atom is 0.417 e. The van der Waals surface area contributed by atoms with Gasteiger partial charge < -0.3 is 24.6 Å². The first-order valence-electron chi connectivity index (χ1n) is 14.6. The van der Waals surface area contributed by atoms with E-state index in [1.54, 1.807) is 18.0 Å². The number of rotatable bonds is 8. The highest BCUT2D eigenvalue weighted by atomic mass is 19.4. The van der Waals surface area contributed by atoms with Crippen LogP contribution in [0.25, 0.3) is 16.9 Å². The minimum absolute atomic E-state index is 0.177. The van der Waals surface area contributed by atoms with E-state index in [0.29, 0.717) is 76.4 Å². The standard InChI is InChI=1S/C29H34F3N9O5/c1-4-24(42)34-18(2)27(43)40-7-5-38(6-8-40)16-19-13-22-26(39-9-11-46-12-10-39)36-25(37-41(22)17-19)20-15-33-23(35-28(44)45-3)14-21(20)29(30,31)32/h4,13-15,17-18H,1,5-12,16H2,2-3H3,(H,34,42)(H,33,35,44)/t18-/m1/s1. The number of methoxy groups -OCH3 is 1. The van der Waals surface area contributed by atoms with Gasteiger partial charge in [-0.05, 0) is 30.7 Å². The summed E-state index contributed by atoms with van der Waals surface area (Å²) in [5.74, 6) is -0.662. The molecule has 0 spiro atoms. The lowest BCUT2D eigenvalue weighted by molar-refractivity contribution is -0.137. The van der Waals surface area contributed by atoms with Gasteiger partial charge in [0.1, 0.15) is 17.4 Å². The van der Waals surface area contributed by atoms with Gasteiger partial charge in [-0.1, -0.05) is 6.58 Å². The quantitative estimate of drug-likeness (QED) is 0.350. The summed E-state index contributed by atoms with van der Waals surface area (Å²) in [4.78, 5) is 50.3. The largest absolute Gasteiger partial charge is 0.453 e. The van der Waals surface area contributed by atoms with Crippen molar-refractivity contribution in [2.45, 2.75) is 25.7 Å². The zero-order chi connectivity index (χ0) is 33.0. The molecule has 0 unspecified atom stereocenters. The van der Waals surface area contributed by atoms with Gasteiger partial charge in [0.05, 0.1) is 31.5 Å². The fourth-order valence-electron chi connectivity index (χ4n) is 5.33. The van der Waals surface area contributed by atoms with Gasteiger partial charge in [-0.25, -0.2) is 19.3 Å². The number of halogens is 3. The van der Waals surface area contributed by atoms with Crippen LogP contribution in [0.2, 0.25) is 0 Å². The van der Waals surface area contributed by atoms with Crippen LogP contribution in [0.3, 0.4) is 0 Å². The number of hydrogen-bond donors (Lipinski definition) is 2. The molecule has 5 heterocycles. The Balaban J connectivity index is 1.42. The molecule has 3 amide bonds. The van der Waals surface area contributed by atoms with Crippen molar-refractivity contribution in [1.29, 1.82) is 0 Å². The maximum absolute atomic E-state index is 14.2. The van der Waals surface area contributed by atoms with Crippen LogP contribution < -0.4 is 15.5 Å². The summed E-state index contributed by atoms with van der Waals surface area (Å²) in [5.41, 5.74) is 0.0547. The topological polar surface area (TPSA) is 147 Å². The number of anilines is 2. The second-order valence-electron chi connectivity index (χ2n) is 10.8. The number of amides is 3. The molecule has 17 heteroatoms. The fraction of sp³-hybridized carbons (Fsp3) is 0.448. The van der Waals surface area contributed by atoms with Gasteiger partial charge >= 0.3 is 12.3 Å². The summed E-state index contributed by atoms with van der Waals surface area (Å²) < 4.78 is 54.2. The van der Waals surface area contributed by atoms with E-state index in [1.165, 1.54) is 4.52 Å². The van der Waals surface area contributed by atoms with Crippen molar-refractivity contribution in [1.82, 2.24) is 34.7 Å². The van der Waals surface area contributed by atoms with Gasteiger partial charge in [-0.3, -0.25) is 19.8 Å².